The van der Waals surface area contributed by atoms with Crippen LogP contribution < -0.4 is 0 Å². The van der Waals surface area contributed by atoms with E-state index in [9.17, 15) is 9.90 Å². The third-order valence-corrected chi connectivity index (χ3v) is 4.05. The molecular formula is C19H18O3. The monoisotopic (exact) mass is 294 g/mol. The molecule has 0 spiro atoms. The molecule has 0 saturated heterocycles. The maximum atomic E-state index is 11.7. The normalized spacial score (nSPS) is 13.8. The van der Waals surface area contributed by atoms with Gasteiger partial charge in [-0.15, -0.1) is 0 Å². The molecule has 1 aliphatic rings. The summed E-state index contributed by atoms with van der Waals surface area (Å²) in [6.45, 7) is 0. The average molecular weight is 294 g/mol. The van der Waals surface area contributed by atoms with Gasteiger partial charge in [0, 0.05) is 0 Å². The molecule has 1 aliphatic carbocycles. The van der Waals surface area contributed by atoms with Crippen LogP contribution >= 0.6 is 0 Å². The van der Waals surface area contributed by atoms with Gasteiger partial charge in [-0.3, -0.25) is 0 Å². The molecule has 112 valence electrons. The smallest absolute Gasteiger partial charge is 0.337 e. The zero-order valence-electron chi connectivity index (χ0n) is 12.5. The van der Waals surface area contributed by atoms with Gasteiger partial charge in [0.1, 0.15) is 5.75 Å². The lowest BCUT2D eigenvalue weighted by atomic mass is 9.95. The summed E-state index contributed by atoms with van der Waals surface area (Å²) in [4.78, 5) is 11.7. The second-order valence-electron chi connectivity index (χ2n) is 5.47. The number of phenolic OH excluding ortho intramolecular Hbond substituents is 1. The van der Waals surface area contributed by atoms with Gasteiger partial charge in [-0.1, -0.05) is 24.3 Å². The second kappa shape index (κ2) is 6.06. The highest BCUT2D eigenvalue weighted by Gasteiger charge is 2.14. The van der Waals surface area contributed by atoms with Crippen LogP contribution in [0.15, 0.2) is 48.5 Å². The number of rotatable bonds is 2. The van der Waals surface area contributed by atoms with Crippen molar-refractivity contribution in [2.45, 2.75) is 19.3 Å². The van der Waals surface area contributed by atoms with E-state index in [1.807, 2.05) is 30.3 Å². The third-order valence-electron chi connectivity index (χ3n) is 4.05. The molecule has 0 heterocycles. The van der Waals surface area contributed by atoms with Crippen LogP contribution in [0.4, 0.5) is 0 Å². The van der Waals surface area contributed by atoms with Gasteiger partial charge in [-0.05, 0) is 65.8 Å². The van der Waals surface area contributed by atoms with E-state index < -0.39 is 0 Å². The minimum absolute atomic E-state index is 0.270. The summed E-state index contributed by atoms with van der Waals surface area (Å²) in [6, 6.07) is 13.0. The summed E-state index contributed by atoms with van der Waals surface area (Å²) in [5, 5.41) is 9.42. The molecule has 2 aromatic carbocycles. The number of carbonyl (C=O) groups excluding carboxylic acids is 1. The van der Waals surface area contributed by atoms with Crippen molar-refractivity contribution in [2.24, 2.45) is 0 Å². The van der Waals surface area contributed by atoms with Gasteiger partial charge in [-0.25, -0.2) is 4.79 Å². The number of hydrogen-bond donors (Lipinski definition) is 1. The Morgan fingerprint density at radius 2 is 1.86 bits per heavy atom. The van der Waals surface area contributed by atoms with E-state index in [0.29, 0.717) is 5.56 Å². The zero-order chi connectivity index (χ0) is 15.5. The molecule has 0 saturated carbocycles. The van der Waals surface area contributed by atoms with Gasteiger partial charge < -0.3 is 9.84 Å². The Balaban J connectivity index is 1.94. The first-order valence-electron chi connectivity index (χ1n) is 7.36. The lowest BCUT2D eigenvalue weighted by Gasteiger charge is -2.10. The molecule has 0 fully saturated rings. The van der Waals surface area contributed by atoms with E-state index in [1.165, 1.54) is 23.8 Å². The number of aryl methyl sites for hydroxylation is 1. The van der Waals surface area contributed by atoms with Crippen molar-refractivity contribution < 1.29 is 14.6 Å². The first kappa shape index (κ1) is 14.4. The van der Waals surface area contributed by atoms with E-state index >= 15 is 0 Å². The van der Waals surface area contributed by atoms with Crippen molar-refractivity contribution in [1.29, 1.82) is 0 Å². The minimum atomic E-state index is -0.304. The molecule has 0 aliphatic heterocycles. The fraction of sp³-hybridized carbons (Fsp3) is 0.211. The van der Waals surface area contributed by atoms with Crippen LogP contribution in [-0.2, 0) is 17.6 Å². The molecule has 0 aromatic heterocycles. The number of methoxy groups -OCH3 is 1. The third kappa shape index (κ3) is 2.89. The number of hydrogen-bond acceptors (Lipinski definition) is 3. The van der Waals surface area contributed by atoms with Crippen LogP contribution in [0.25, 0.3) is 5.57 Å². The van der Waals surface area contributed by atoms with Crippen molar-refractivity contribution >= 4 is 11.5 Å². The molecule has 3 heteroatoms. The van der Waals surface area contributed by atoms with E-state index in [1.54, 1.807) is 12.1 Å². The summed E-state index contributed by atoms with van der Waals surface area (Å²) < 4.78 is 4.80. The van der Waals surface area contributed by atoms with Crippen molar-refractivity contribution in [3.8, 4) is 5.75 Å². The highest BCUT2D eigenvalue weighted by Crippen LogP contribution is 2.28. The topological polar surface area (TPSA) is 46.5 Å². The van der Waals surface area contributed by atoms with Gasteiger partial charge in [-0.2, -0.15) is 0 Å². The number of esters is 1. The number of benzene rings is 2. The lowest BCUT2D eigenvalue weighted by Crippen LogP contribution is -2.03. The van der Waals surface area contributed by atoms with Crippen LogP contribution in [0.5, 0.6) is 5.75 Å². The molecule has 0 bridgehead atoms. The van der Waals surface area contributed by atoms with Crippen molar-refractivity contribution in [2.75, 3.05) is 7.11 Å². The van der Waals surface area contributed by atoms with Crippen molar-refractivity contribution in [3.05, 3.63) is 70.8 Å². The predicted molar refractivity (Wildman–Crippen MR) is 85.9 cm³/mol. The summed E-state index contributed by atoms with van der Waals surface area (Å²) in [5.41, 5.74) is 5.36. The molecule has 22 heavy (non-hydrogen) atoms. The number of carbonyl (C=O) groups is 1. The van der Waals surface area contributed by atoms with Gasteiger partial charge in [0.2, 0.25) is 0 Å². The summed E-state index contributed by atoms with van der Waals surface area (Å²) >= 11 is 0. The van der Waals surface area contributed by atoms with Crippen molar-refractivity contribution in [3.63, 3.8) is 0 Å². The summed E-state index contributed by atoms with van der Waals surface area (Å²) in [5.74, 6) is -0.0337. The highest BCUT2D eigenvalue weighted by atomic mass is 16.5. The van der Waals surface area contributed by atoms with Gasteiger partial charge in [0.15, 0.2) is 0 Å². The average Bonchev–Trinajstić information content (AvgIpc) is 2.76. The number of ether oxygens (including phenoxy) is 1. The Morgan fingerprint density at radius 1 is 1.09 bits per heavy atom. The van der Waals surface area contributed by atoms with Crippen molar-refractivity contribution in [1.82, 2.24) is 0 Å². The Hall–Kier alpha value is -2.55. The van der Waals surface area contributed by atoms with Gasteiger partial charge >= 0.3 is 5.97 Å². The molecule has 0 unspecified atom stereocenters. The minimum Gasteiger partial charge on any atom is -0.508 e. The maximum absolute atomic E-state index is 11.7. The fourth-order valence-corrected chi connectivity index (χ4v) is 2.85. The first-order chi connectivity index (χ1) is 10.7. The second-order valence-corrected chi connectivity index (χ2v) is 5.47. The SMILES string of the molecule is COC(=O)c1ccc2c(c1)CC(c1ccc(O)cc1)=CCC2. The highest BCUT2D eigenvalue weighted by molar-refractivity contribution is 5.89. The van der Waals surface area contributed by atoms with E-state index in [4.69, 9.17) is 4.74 Å². The van der Waals surface area contributed by atoms with Crippen LogP contribution in [0.1, 0.15) is 33.5 Å². The van der Waals surface area contributed by atoms with E-state index in [0.717, 1.165) is 24.8 Å². The van der Waals surface area contributed by atoms with Gasteiger partial charge in [0.25, 0.3) is 0 Å². The molecule has 0 radical (unpaired) electrons. The zero-order valence-corrected chi connectivity index (χ0v) is 12.5. The summed E-state index contributed by atoms with van der Waals surface area (Å²) in [6.07, 6.45) is 4.97. The molecule has 0 atom stereocenters. The maximum Gasteiger partial charge on any atom is 0.337 e. The fourth-order valence-electron chi connectivity index (χ4n) is 2.85. The Labute approximate surface area is 129 Å². The van der Waals surface area contributed by atoms with Crippen LogP contribution in [-0.4, -0.2) is 18.2 Å². The summed E-state index contributed by atoms with van der Waals surface area (Å²) in [7, 11) is 1.40. The van der Waals surface area contributed by atoms with Crippen LogP contribution in [0.3, 0.4) is 0 Å². The van der Waals surface area contributed by atoms with Crippen LogP contribution in [0, 0.1) is 0 Å². The molecule has 3 nitrogen and oxygen atoms in total. The number of phenols is 1. The molecular weight excluding hydrogens is 276 g/mol. The lowest BCUT2D eigenvalue weighted by molar-refractivity contribution is 0.0600. The van der Waals surface area contributed by atoms with E-state index in [2.05, 4.69) is 6.08 Å². The number of fused-ring (bicyclic) bond motifs is 1. The Kier molecular flexibility index (Phi) is 3.96. The quantitative estimate of drug-likeness (QED) is 0.858. The Bertz CT molecular complexity index is 727. The first-order valence-corrected chi connectivity index (χ1v) is 7.36. The predicted octanol–water partition coefficient (Wildman–Crippen LogP) is 3.75. The molecule has 0 amide bonds. The van der Waals surface area contributed by atoms with Gasteiger partial charge in [0.05, 0.1) is 12.7 Å². The van der Waals surface area contributed by atoms with E-state index in [-0.39, 0.29) is 11.7 Å². The molecule has 2 aromatic rings. The Morgan fingerprint density at radius 3 is 2.59 bits per heavy atom. The number of aromatic hydroxyl groups is 1. The van der Waals surface area contributed by atoms with Crippen LogP contribution in [0.2, 0.25) is 0 Å². The number of allylic oxidation sites excluding steroid dienone is 2. The molecule has 1 N–H and O–H groups in total. The standard InChI is InChI=1S/C19H18O3/c1-22-19(21)16-6-5-13-3-2-4-15(11-17(13)12-16)14-7-9-18(20)10-8-14/h4-10,12,20H,2-3,11H2,1H3. The largest absolute Gasteiger partial charge is 0.508 e. The molecule has 3 rings (SSSR count).